The van der Waals surface area contributed by atoms with Gasteiger partial charge in [0.1, 0.15) is 6.04 Å². The van der Waals surface area contributed by atoms with Crippen LogP contribution in [-0.4, -0.2) is 71.5 Å². The molecule has 1 saturated carbocycles. The summed E-state index contributed by atoms with van der Waals surface area (Å²) < 4.78 is 11.2. The van der Waals surface area contributed by atoms with Crippen molar-refractivity contribution in [1.82, 2.24) is 25.5 Å². The molecule has 2 fully saturated rings. The number of oxazole rings is 1. The molecule has 1 aliphatic heterocycles. The van der Waals surface area contributed by atoms with Crippen molar-refractivity contribution in [3.8, 4) is 11.5 Å². The lowest BCUT2D eigenvalue weighted by Crippen LogP contribution is -2.54. The van der Waals surface area contributed by atoms with Crippen molar-refractivity contribution in [3.05, 3.63) is 36.0 Å². The molecule has 0 radical (unpaired) electrons. The Morgan fingerprint density at radius 1 is 1.13 bits per heavy atom. The molecule has 0 spiro atoms. The molecule has 10 heteroatoms. The van der Waals surface area contributed by atoms with Crippen LogP contribution in [0.4, 0.5) is 4.79 Å². The highest BCUT2D eigenvalue weighted by atomic mass is 16.5. The summed E-state index contributed by atoms with van der Waals surface area (Å²) in [4.78, 5) is 49.7. The van der Waals surface area contributed by atoms with Crippen LogP contribution in [0.25, 0.3) is 11.5 Å². The van der Waals surface area contributed by atoms with Gasteiger partial charge in [0, 0.05) is 25.5 Å². The number of rotatable bonds is 10. The number of ether oxygens (including phenoxy) is 1. The van der Waals surface area contributed by atoms with Gasteiger partial charge in [0.05, 0.1) is 31.0 Å². The van der Waals surface area contributed by atoms with Gasteiger partial charge in [0.2, 0.25) is 17.6 Å². The van der Waals surface area contributed by atoms with Gasteiger partial charge < -0.3 is 24.7 Å². The third kappa shape index (κ3) is 7.63. The zero-order valence-electron chi connectivity index (χ0n) is 22.4. The Morgan fingerprint density at radius 2 is 1.89 bits per heavy atom. The highest BCUT2D eigenvalue weighted by Crippen LogP contribution is 2.28. The lowest BCUT2D eigenvalue weighted by atomic mass is 9.84. The number of morpholine rings is 1. The Bertz CT molecular complexity index is 1070. The van der Waals surface area contributed by atoms with Gasteiger partial charge >= 0.3 is 6.03 Å². The monoisotopic (exact) mass is 525 g/mol. The number of urea groups is 1. The molecule has 10 nitrogen and oxygen atoms in total. The van der Waals surface area contributed by atoms with E-state index in [1.165, 1.54) is 6.42 Å². The molecule has 2 aliphatic rings. The van der Waals surface area contributed by atoms with Gasteiger partial charge in [-0.2, -0.15) is 0 Å². The maximum atomic E-state index is 13.3. The molecule has 206 valence electrons. The van der Waals surface area contributed by atoms with E-state index >= 15 is 0 Å². The molecule has 0 aromatic carbocycles. The third-order valence-corrected chi connectivity index (χ3v) is 7.09. The van der Waals surface area contributed by atoms with Gasteiger partial charge in [-0.05, 0) is 36.8 Å². The molecular weight excluding hydrogens is 486 g/mol. The predicted octanol–water partition coefficient (Wildman–Crippen LogP) is 3.61. The van der Waals surface area contributed by atoms with E-state index in [1.807, 2.05) is 19.9 Å². The van der Waals surface area contributed by atoms with Gasteiger partial charge in [0.15, 0.2) is 5.76 Å². The largest absolute Gasteiger partial charge is 0.433 e. The van der Waals surface area contributed by atoms with Crippen molar-refractivity contribution in [2.45, 2.75) is 64.8 Å². The number of hydrogen-bond donors (Lipinski definition) is 2. The quantitative estimate of drug-likeness (QED) is 0.454. The summed E-state index contributed by atoms with van der Waals surface area (Å²) in [5.41, 5.74) is 1.25. The number of pyridine rings is 1. The van der Waals surface area contributed by atoms with E-state index in [9.17, 15) is 14.4 Å². The topological polar surface area (TPSA) is 127 Å². The summed E-state index contributed by atoms with van der Waals surface area (Å²) in [7, 11) is 0. The molecule has 2 aromatic heterocycles. The molecule has 1 unspecified atom stereocenters. The van der Waals surface area contributed by atoms with Crippen LogP contribution in [0.15, 0.2) is 28.9 Å². The fraction of sp³-hybridized carbons (Fsp3) is 0.607. The van der Waals surface area contributed by atoms with Crippen LogP contribution in [0.1, 0.15) is 68.6 Å². The van der Waals surface area contributed by atoms with E-state index in [-0.39, 0.29) is 35.9 Å². The van der Waals surface area contributed by atoms with Crippen LogP contribution in [0, 0.1) is 11.8 Å². The number of ketones is 1. The Labute approximate surface area is 223 Å². The summed E-state index contributed by atoms with van der Waals surface area (Å²) in [5.74, 6) is 0.401. The third-order valence-electron chi connectivity index (χ3n) is 7.09. The van der Waals surface area contributed by atoms with Crippen molar-refractivity contribution in [2.75, 3.05) is 32.8 Å². The second-order valence-corrected chi connectivity index (χ2v) is 10.6. The zero-order chi connectivity index (χ0) is 26.9. The minimum atomic E-state index is -0.711. The Hall–Kier alpha value is -3.27. The zero-order valence-corrected chi connectivity index (χ0v) is 22.4. The first-order valence-corrected chi connectivity index (χ1v) is 13.7. The molecule has 38 heavy (non-hydrogen) atoms. The maximum Gasteiger partial charge on any atom is 0.318 e. The first kappa shape index (κ1) is 27.8. The number of amides is 3. The molecule has 0 bridgehead atoms. The van der Waals surface area contributed by atoms with E-state index in [0.29, 0.717) is 62.2 Å². The van der Waals surface area contributed by atoms with Crippen LogP contribution in [0.2, 0.25) is 0 Å². The van der Waals surface area contributed by atoms with Crippen molar-refractivity contribution in [1.29, 1.82) is 0 Å². The fourth-order valence-electron chi connectivity index (χ4n) is 5.07. The molecule has 3 amide bonds. The lowest BCUT2D eigenvalue weighted by molar-refractivity contribution is -0.123. The van der Waals surface area contributed by atoms with Gasteiger partial charge in [0.25, 0.3) is 0 Å². The Morgan fingerprint density at radius 3 is 2.58 bits per heavy atom. The summed E-state index contributed by atoms with van der Waals surface area (Å²) in [6.07, 6.45) is 9.99. The Balaban J connectivity index is 1.43. The number of carbonyl (C=O) groups excluding carboxylic acids is 3. The molecule has 4 rings (SSSR count). The number of nitrogens with one attached hydrogen (secondary N) is 2. The second kappa shape index (κ2) is 13.5. The van der Waals surface area contributed by atoms with Crippen LogP contribution < -0.4 is 10.6 Å². The molecule has 1 aliphatic carbocycles. The predicted molar refractivity (Wildman–Crippen MR) is 142 cm³/mol. The van der Waals surface area contributed by atoms with Gasteiger partial charge in [-0.25, -0.2) is 9.78 Å². The molecule has 1 atom stereocenters. The molecular formula is C28H39N5O5. The second-order valence-electron chi connectivity index (χ2n) is 10.6. The molecule has 3 heterocycles. The van der Waals surface area contributed by atoms with E-state index in [2.05, 4.69) is 20.6 Å². The maximum absolute atomic E-state index is 13.3. The first-order valence-electron chi connectivity index (χ1n) is 13.7. The number of Topliss-reactive ketones (excluding diaryl/α,β-unsaturated/α-hetero) is 1. The van der Waals surface area contributed by atoms with Crippen LogP contribution in [0.5, 0.6) is 0 Å². The van der Waals surface area contributed by atoms with E-state index in [0.717, 1.165) is 25.7 Å². The highest BCUT2D eigenvalue weighted by Gasteiger charge is 2.29. The van der Waals surface area contributed by atoms with E-state index < -0.39 is 6.04 Å². The SMILES string of the molecule is CC(C)Cc1nc(-c2cccnc2)oc1C(=O)CNC(=O)C(CC1CCCCC1)NC(=O)N1CCOCC1. The standard InChI is InChI=1S/C28H39N5O5/c1-19(2)15-22-25(38-27(31-22)21-9-6-10-29-17-21)24(34)18-30-26(35)23(16-20-7-4-3-5-8-20)32-28(36)33-11-13-37-14-12-33/h6,9-10,17,19-20,23H,3-5,7-8,11-16,18H2,1-2H3,(H,30,35)(H,32,36). The fourth-order valence-corrected chi connectivity index (χ4v) is 5.07. The highest BCUT2D eigenvalue weighted by molar-refractivity contribution is 5.99. The van der Waals surface area contributed by atoms with Crippen molar-refractivity contribution in [2.24, 2.45) is 11.8 Å². The van der Waals surface area contributed by atoms with Crippen LogP contribution in [-0.2, 0) is 16.0 Å². The summed E-state index contributed by atoms with van der Waals surface area (Å²) in [6, 6.07) is 2.62. The van der Waals surface area contributed by atoms with Crippen LogP contribution >= 0.6 is 0 Å². The minimum Gasteiger partial charge on any atom is -0.433 e. The lowest BCUT2D eigenvalue weighted by Gasteiger charge is -2.31. The number of nitrogens with zero attached hydrogens (tertiary/aromatic N) is 3. The number of carbonyl (C=O) groups is 3. The summed E-state index contributed by atoms with van der Waals surface area (Å²) >= 11 is 0. The van der Waals surface area contributed by atoms with Gasteiger partial charge in [-0.3, -0.25) is 14.6 Å². The first-order chi connectivity index (χ1) is 18.4. The number of aromatic nitrogens is 2. The summed E-state index contributed by atoms with van der Waals surface area (Å²) in [6.45, 7) is 5.80. The minimum absolute atomic E-state index is 0.152. The number of hydrogen-bond acceptors (Lipinski definition) is 7. The molecule has 1 saturated heterocycles. The Kier molecular flexibility index (Phi) is 9.86. The van der Waals surface area contributed by atoms with E-state index in [1.54, 1.807) is 23.4 Å². The molecule has 2 N–H and O–H groups in total. The molecule has 2 aromatic rings. The average molecular weight is 526 g/mol. The van der Waals surface area contributed by atoms with Crippen LogP contribution in [0.3, 0.4) is 0 Å². The van der Waals surface area contributed by atoms with E-state index in [4.69, 9.17) is 9.15 Å². The van der Waals surface area contributed by atoms with Crippen molar-refractivity contribution < 1.29 is 23.5 Å². The van der Waals surface area contributed by atoms with Crippen molar-refractivity contribution >= 4 is 17.7 Å². The van der Waals surface area contributed by atoms with Gasteiger partial charge in [-0.15, -0.1) is 0 Å². The smallest absolute Gasteiger partial charge is 0.318 e. The summed E-state index contributed by atoms with van der Waals surface area (Å²) in [5, 5.41) is 5.69. The van der Waals surface area contributed by atoms with Gasteiger partial charge in [-0.1, -0.05) is 46.0 Å². The average Bonchev–Trinajstić information content (AvgIpc) is 3.36. The normalized spacial score (nSPS) is 17.3. The van der Waals surface area contributed by atoms with Crippen molar-refractivity contribution in [3.63, 3.8) is 0 Å².